The van der Waals surface area contributed by atoms with Gasteiger partial charge in [0, 0.05) is 50.9 Å². The lowest BCUT2D eigenvalue weighted by Crippen LogP contribution is -2.45. The Labute approximate surface area is 225 Å². The van der Waals surface area contributed by atoms with Crippen molar-refractivity contribution in [2.45, 2.75) is 51.0 Å². The largest absolute Gasteiger partial charge is 0.497 e. The second-order valence-electron chi connectivity index (χ2n) is 10.4. The third-order valence-electron chi connectivity index (χ3n) is 7.95. The van der Waals surface area contributed by atoms with Gasteiger partial charge in [-0.2, -0.15) is 5.10 Å². The Bertz CT molecular complexity index is 1130. The number of likely N-dealkylation sites (N-methyl/N-ethyl adjacent to an activating group) is 2. The minimum atomic E-state index is -0.180. The van der Waals surface area contributed by atoms with Crippen LogP contribution in [0.1, 0.15) is 50.5 Å². The maximum atomic E-state index is 14.4. The fraction of sp³-hybridized carbons (Fsp3) is 0.552. The Morgan fingerprint density at radius 2 is 1.89 bits per heavy atom. The fourth-order valence-corrected chi connectivity index (χ4v) is 5.67. The molecule has 1 aromatic carbocycles. The highest BCUT2D eigenvalue weighted by atomic mass is 16.5. The van der Waals surface area contributed by atoms with Crippen molar-refractivity contribution in [3.05, 3.63) is 42.1 Å². The van der Waals surface area contributed by atoms with E-state index in [4.69, 9.17) is 19.6 Å². The SMILES string of the molecule is CNCCN(C)c1ccc(N2C(=O)N(C3CCOCC3)N=C(C3CCCCC3)c3ccc(OC)cc32)nc1. The van der Waals surface area contributed by atoms with Crippen LogP contribution in [0, 0.1) is 5.92 Å². The van der Waals surface area contributed by atoms with Crippen LogP contribution in [0.25, 0.3) is 0 Å². The summed E-state index contributed by atoms with van der Waals surface area (Å²) in [5.74, 6) is 1.60. The number of benzene rings is 1. The van der Waals surface area contributed by atoms with E-state index in [-0.39, 0.29) is 12.1 Å². The van der Waals surface area contributed by atoms with Gasteiger partial charge in [-0.15, -0.1) is 0 Å². The van der Waals surface area contributed by atoms with E-state index in [1.807, 2.05) is 44.6 Å². The number of nitrogens with zero attached hydrogens (tertiary/aromatic N) is 5. The van der Waals surface area contributed by atoms with Crippen molar-refractivity contribution in [2.75, 3.05) is 57.3 Å². The van der Waals surface area contributed by atoms with Gasteiger partial charge in [0.1, 0.15) is 11.6 Å². The molecule has 1 aliphatic carbocycles. The first-order valence-corrected chi connectivity index (χ1v) is 13.9. The summed E-state index contributed by atoms with van der Waals surface area (Å²) in [5.41, 5.74) is 3.76. The molecule has 1 N–H and O–H groups in total. The van der Waals surface area contributed by atoms with E-state index in [1.54, 1.807) is 17.0 Å². The maximum absolute atomic E-state index is 14.4. The average molecular weight is 521 g/mol. The van der Waals surface area contributed by atoms with Crippen LogP contribution in [0.5, 0.6) is 5.75 Å². The van der Waals surface area contributed by atoms with E-state index >= 15 is 0 Å². The number of aromatic nitrogens is 1. The normalized spacial score (nSPS) is 19.1. The fourth-order valence-electron chi connectivity index (χ4n) is 5.67. The van der Waals surface area contributed by atoms with Gasteiger partial charge in [-0.1, -0.05) is 19.3 Å². The third-order valence-corrected chi connectivity index (χ3v) is 7.95. The van der Waals surface area contributed by atoms with Crippen molar-refractivity contribution in [2.24, 2.45) is 11.0 Å². The van der Waals surface area contributed by atoms with Gasteiger partial charge in [0.05, 0.1) is 36.4 Å². The molecule has 0 unspecified atom stereocenters. The van der Waals surface area contributed by atoms with Gasteiger partial charge >= 0.3 is 6.03 Å². The highest BCUT2D eigenvalue weighted by Gasteiger charge is 2.38. The molecule has 9 nitrogen and oxygen atoms in total. The van der Waals surface area contributed by atoms with Crippen molar-refractivity contribution in [3.63, 3.8) is 0 Å². The van der Waals surface area contributed by atoms with Crippen LogP contribution in [-0.4, -0.2) is 75.3 Å². The Kier molecular flexibility index (Phi) is 8.44. The predicted octanol–water partition coefficient (Wildman–Crippen LogP) is 4.78. The summed E-state index contributed by atoms with van der Waals surface area (Å²) in [6, 6.07) is 9.75. The molecule has 0 spiro atoms. The zero-order chi connectivity index (χ0) is 26.5. The van der Waals surface area contributed by atoms with Gasteiger partial charge in [0.15, 0.2) is 0 Å². The number of methoxy groups -OCH3 is 1. The van der Waals surface area contributed by atoms with Gasteiger partial charge in [0.25, 0.3) is 0 Å². The van der Waals surface area contributed by atoms with Crippen LogP contribution < -0.4 is 19.9 Å². The molecule has 204 valence electrons. The van der Waals surface area contributed by atoms with E-state index in [0.29, 0.717) is 30.7 Å². The first kappa shape index (κ1) is 26.4. The van der Waals surface area contributed by atoms with Gasteiger partial charge in [-0.05, 0) is 57.0 Å². The number of hydrogen-bond donors (Lipinski definition) is 1. The Morgan fingerprint density at radius 3 is 2.58 bits per heavy atom. The van der Waals surface area contributed by atoms with E-state index in [1.165, 1.54) is 19.3 Å². The van der Waals surface area contributed by atoms with Crippen LogP contribution in [0.15, 0.2) is 41.6 Å². The number of pyridine rings is 1. The lowest BCUT2D eigenvalue weighted by Gasteiger charge is -2.33. The zero-order valence-corrected chi connectivity index (χ0v) is 22.9. The molecule has 5 rings (SSSR count). The molecule has 0 radical (unpaired) electrons. The number of carbonyl (C=O) groups excluding carboxylic acids is 1. The number of carbonyl (C=O) groups is 1. The molecule has 38 heavy (non-hydrogen) atoms. The number of amides is 2. The van der Waals surface area contributed by atoms with Gasteiger partial charge < -0.3 is 19.7 Å². The molecular weight excluding hydrogens is 480 g/mol. The lowest BCUT2D eigenvalue weighted by molar-refractivity contribution is 0.0480. The molecule has 3 heterocycles. The highest BCUT2D eigenvalue weighted by molar-refractivity contribution is 6.13. The predicted molar refractivity (Wildman–Crippen MR) is 151 cm³/mol. The van der Waals surface area contributed by atoms with Gasteiger partial charge in [-0.3, -0.25) is 0 Å². The van der Waals surface area contributed by atoms with Gasteiger partial charge in [-0.25, -0.2) is 19.7 Å². The van der Waals surface area contributed by atoms with Crippen molar-refractivity contribution in [3.8, 4) is 5.75 Å². The molecule has 1 saturated heterocycles. The van der Waals surface area contributed by atoms with Crippen LogP contribution in [0.4, 0.5) is 22.0 Å². The van der Waals surface area contributed by atoms with E-state index < -0.39 is 0 Å². The van der Waals surface area contributed by atoms with Crippen LogP contribution in [0.3, 0.4) is 0 Å². The highest BCUT2D eigenvalue weighted by Crippen LogP contribution is 2.40. The summed E-state index contributed by atoms with van der Waals surface area (Å²) in [7, 11) is 5.64. The van der Waals surface area contributed by atoms with Gasteiger partial charge in [0.2, 0.25) is 0 Å². The minimum absolute atomic E-state index is 0.0134. The second-order valence-corrected chi connectivity index (χ2v) is 10.4. The number of urea groups is 1. The quantitative estimate of drug-likeness (QED) is 0.539. The molecule has 2 aliphatic heterocycles. The number of anilines is 3. The topological polar surface area (TPSA) is 82.5 Å². The first-order valence-electron chi connectivity index (χ1n) is 13.9. The summed E-state index contributed by atoms with van der Waals surface area (Å²) in [6.45, 7) is 3.00. The number of hydrazone groups is 1. The van der Waals surface area contributed by atoms with Crippen molar-refractivity contribution >= 4 is 28.9 Å². The molecule has 0 bridgehead atoms. The molecule has 2 aromatic rings. The number of fused-ring (bicyclic) bond motifs is 1. The van der Waals surface area contributed by atoms with E-state index in [2.05, 4.69) is 16.3 Å². The van der Waals surface area contributed by atoms with Crippen molar-refractivity contribution in [1.82, 2.24) is 15.3 Å². The third kappa shape index (κ3) is 5.49. The molecule has 2 amide bonds. The molecular formula is C29H40N6O3. The summed E-state index contributed by atoms with van der Waals surface area (Å²) < 4.78 is 11.2. The number of rotatable bonds is 8. The molecule has 3 aliphatic rings. The van der Waals surface area contributed by atoms with E-state index in [0.717, 1.165) is 61.4 Å². The van der Waals surface area contributed by atoms with Crippen LogP contribution >= 0.6 is 0 Å². The monoisotopic (exact) mass is 520 g/mol. The van der Waals surface area contributed by atoms with Crippen LogP contribution in [-0.2, 0) is 4.74 Å². The molecule has 0 atom stereocenters. The minimum Gasteiger partial charge on any atom is -0.497 e. The Morgan fingerprint density at radius 1 is 1.11 bits per heavy atom. The molecule has 1 aromatic heterocycles. The average Bonchev–Trinajstić information content (AvgIpc) is 3.10. The second kappa shape index (κ2) is 12.1. The Balaban J connectivity index is 1.60. The molecule has 2 fully saturated rings. The smallest absolute Gasteiger partial charge is 0.351 e. The van der Waals surface area contributed by atoms with Crippen molar-refractivity contribution < 1.29 is 14.3 Å². The summed E-state index contributed by atoms with van der Waals surface area (Å²) in [5, 5.41) is 10.1. The number of nitrogens with one attached hydrogen (secondary N) is 1. The number of ether oxygens (including phenoxy) is 2. The number of hydrogen-bond acceptors (Lipinski definition) is 7. The standard InChI is InChI=1S/C29H40N6O3/c1-30-15-16-33(2)23-9-12-27(31-20-23)34-26-19-24(37-3)10-11-25(26)28(21-7-5-4-6-8-21)32-35(29(34)36)22-13-17-38-18-14-22/h9-12,19-22,30H,4-8,13-18H2,1-3H3. The zero-order valence-electron chi connectivity index (χ0n) is 22.9. The maximum Gasteiger partial charge on any atom is 0.351 e. The summed E-state index contributed by atoms with van der Waals surface area (Å²) in [6.07, 6.45) is 9.19. The first-order chi connectivity index (χ1) is 18.6. The molecule has 9 heteroatoms. The lowest BCUT2D eigenvalue weighted by atomic mass is 9.83. The Hall–Kier alpha value is -3.17. The van der Waals surface area contributed by atoms with Crippen LogP contribution in [0.2, 0.25) is 0 Å². The van der Waals surface area contributed by atoms with E-state index in [9.17, 15) is 4.79 Å². The van der Waals surface area contributed by atoms with Crippen molar-refractivity contribution in [1.29, 1.82) is 0 Å². The summed E-state index contributed by atoms with van der Waals surface area (Å²) >= 11 is 0. The molecule has 1 saturated carbocycles. The summed E-state index contributed by atoms with van der Waals surface area (Å²) in [4.78, 5) is 23.1.